The predicted octanol–water partition coefficient (Wildman–Crippen LogP) is 4.61. The number of allylic oxidation sites excluding steroid dienone is 1. The van der Waals surface area contributed by atoms with Crippen molar-refractivity contribution >= 4 is 17.5 Å². The maximum absolute atomic E-state index is 13.3. The molecule has 0 N–H and O–H groups in total. The summed E-state index contributed by atoms with van der Waals surface area (Å²) in [7, 11) is 5.47. The number of benzene rings is 2. The van der Waals surface area contributed by atoms with Crippen molar-refractivity contribution in [3.05, 3.63) is 47.0 Å². The molecule has 30 heavy (non-hydrogen) atoms. The van der Waals surface area contributed by atoms with Crippen LogP contribution in [0.4, 0.5) is 5.69 Å². The van der Waals surface area contributed by atoms with Crippen LogP contribution in [0.2, 0.25) is 0 Å². The topological polar surface area (TPSA) is 57.2 Å². The average molecular weight is 411 g/mol. The summed E-state index contributed by atoms with van der Waals surface area (Å²) in [5, 5.41) is 0. The summed E-state index contributed by atoms with van der Waals surface area (Å²) in [5.74, 6) is 2.68. The Morgan fingerprint density at radius 1 is 1.07 bits per heavy atom. The van der Waals surface area contributed by atoms with Gasteiger partial charge in [-0.3, -0.25) is 4.79 Å². The van der Waals surface area contributed by atoms with Crippen molar-refractivity contribution in [2.45, 2.75) is 20.3 Å². The molecule has 0 aliphatic carbocycles. The van der Waals surface area contributed by atoms with Gasteiger partial charge in [-0.2, -0.15) is 0 Å². The van der Waals surface area contributed by atoms with E-state index in [-0.39, 0.29) is 5.78 Å². The first kappa shape index (κ1) is 21.6. The minimum Gasteiger partial charge on any atom is -0.496 e. The first-order valence-electron chi connectivity index (χ1n) is 10.2. The van der Waals surface area contributed by atoms with Gasteiger partial charge in [0, 0.05) is 36.9 Å². The summed E-state index contributed by atoms with van der Waals surface area (Å²) >= 11 is 0. The van der Waals surface area contributed by atoms with E-state index in [4.69, 9.17) is 18.9 Å². The Hall–Kier alpha value is -3.15. The summed E-state index contributed by atoms with van der Waals surface area (Å²) in [4.78, 5) is 15.2. The molecule has 1 heterocycles. The van der Waals surface area contributed by atoms with E-state index in [1.165, 1.54) is 0 Å². The van der Waals surface area contributed by atoms with E-state index in [2.05, 4.69) is 0 Å². The Labute approximate surface area is 178 Å². The van der Waals surface area contributed by atoms with Gasteiger partial charge in [0.1, 0.15) is 24.7 Å². The first-order valence-corrected chi connectivity index (χ1v) is 10.2. The number of ketones is 1. The van der Waals surface area contributed by atoms with E-state index in [1.54, 1.807) is 13.2 Å². The van der Waals surface area contributed by atoms with Gasteiger partial charge in [-0.1, -0.05) is 6.92 Å². The summed E-state index contributed by atoms with van der Waals surface area (Å²) < 4.78 is 22.5. The van der Waals surface area contributed by atoms with Gasteiger partial charge in [0.2, 0.25) is 0 Å². The highest BCUT2D eigenvalue weighted by atomic mass is 16.6. The lowest BCUT2D eigenvalue weighted by Crippen LogP contribution is -2.15. The van der Waals surface area contributed by atoms with Crippen molar-refractivity contribution in [1.29, 1.82) is 0 Å². The van der Waals surface area contributed by atoms with Crippen molar-refractivity contribution in [3.8, 4) is 23.0 Å². The molecule has 2 aromatic carbocycles. The van der Waals surface area contributed by atoms with Crippen LogP contribution in [0.1, 0.15) is 36.2 Å². The molecule has 2 aromatic rings. The minimum atomic E-state index is -0.0272. The van der Waals surface area contributed by atoms with Crippen molar-refractivity contribution < 1.29 is 23.7 Å². The molecule has 0 fully saturated rings. The third-order valence-electron chi connectivity index (χ3n) is 4.90. The lowest BCUT2D eigenvalue weighted by atomic mass is 9.97. The second-order valence-electron chi connectivity index (χ2n) is 7.10. The van der Waals surface area contributed by atoms with Crippen LogP contribution in [0.25, 0.3) is 6.08 Å². The maximum atomic E-state index is 13.3. The highest BCUT2D eigenvalue weighted by Gasteiger charge is 2.19. The minimum absolute atomic E-state index is 0.0272. The fourth-order valence-electron chi connectivity index (χ4n) is 3.36. The standard InChI is InChI=1S/C24H29NO5/c1-6-16(12-18-14-22-23(15-21(18)27-5)30-11-10-29-22)24(26)17-8-9-20(28-7-2)19(13-17)25(3)4/h8-9,12-15H,6-7,10-11H2,1-5H3/b16-12+. The first-order chi connectivity index (χ1) is 14.5. The number of methoxy groups -OCH3 is 1. The predicted molar refractivity (Wildman–Crippen MR) is 119 cm³/mol. The van der Waals surface area contributed by atoms with Crippen LogP contribution < -0.4 is 23.8 Å². The van der Waals surface area contributed by atoms with Gasteiger partial charge in [-0.15, -0.1) is 0 Å². The zero-order valence-electron chi connectivity index (χ0n) is 18.3. The zero-order chi connectivity index (χ0) is 21.7. The van der Waals surface area contributed by atoms with E-state index in [0.29, 0.717) is 54.6 Å². The number of ether oxygens (including phenoxy) is 4. The van der Waals surface area contributed by atoms with Crippen LogP contribution in [0, 0.1) is 0 Å². The molecule has 0 saturated heterocycles. The van der Waals surface area contributed by atoms with Crippen molar-refractivity contribution in [3.63, 3.8) is 0 Å². The summed E-state index contributed by atoms with van der Waals surface area (Å²) in [6.07, 6.45) is 2.45. The normalized spacial score (nSPS) is 13.0. The molecular formula is C24H29NO5. The number of nitrogens with zero attached hydrogens (tertiary/aromatic N) is 1. The summed E-state index contributed by atoms with van der Waals surface area (Å²) in [6, 6.07) is 9.20. The number of carbonyl (C=O) groups excluding carboxylic acids is 1. The van der Waals surface area contributed by atoms with Crippen LogP contribution >= 0.6 is 0 Å². The number of anilines is 1. The van der Waals surface area contributed by atoms with Crippen LogP contribution in [-0.2, 0) is 0 Å². The maximum Gasteiger partial charge on any atom is 0.189 e. The highest BCUT2D eigenvalue weighted by molar-refractivity contribution is 6.12. The molecule has 160 valence electrons. The number of hydrogen-bond acceptors (Lipinski definition) is 6. The number of carbonyl (C=O) groups is 1. The van der Waals surface area contributed by atoms with E-state index in [9.17, 15) is 4.79 Å². The SMILES string of the molecule is CCOc1ccc(C(=O)/C(=C/c2cc3c(cc2OC)OCCO3)CC)cc1N(C)C. The molecule has 0 bridgehead atoms. The van der Waals surface area contributed by atoms with Crippen LogP contribution in [0.15, 0.2) is 35.9 Å². The fourth-order valence-corrected chi connectivity index (χ4v) is 3.36. The van der Waals surface area contributed by atoms with E-state index in [0.717, 1.165) is 17.0 Å². The quantitative estimate of drug-likeness (QED) is 0.467. The van der Waals surface area contributed by atoms with E-state index in [1.807, 2.05) is 63.2 Å². The lowest BCUT2D eigenvalue weighted by molar-refractivity contribution is 0.103. The van der Waals surface area contributed by atoms with Gasteiger partial charge in [-0.25, -0.2) is 0 Å². The molecule has 0 unspecified atom stereocenters. The second kappa shape index (κ2) is 9.57. The molecule has 6 nitrogen and oxygen atoms in total. The van der Waals surface area contributed by atoms with Crippen molar-refractivity contribution in [2.75, 3.05) is 45.9 Å². The van der Waals surface area contributed by atoms with Gasteiger partial charge >= 0.3 is 0 Å². The van der Waals surface area contributed by atoms with Crippen molar-refractivity contribution in [1.82, 2.24) is 0 Å². The molecular weight excluding hydrogens is 382 g/mol. The second-order valence-corrected chi connectivity index (χ2v) is 7.10. The van der Waals surface area contributed by atoms with E-state index >= 15 is 0 Å². The molecule has 1 aliphatic rings. The molecule has 6 heteroatoms. The molecule has 0 atom stereocenters. The molecule has 0 saturated carbocycles. The Bertz CT molecular complexity index is 949. The van der Waals surface area contributed by atoms with Crippen LogP contribution in [0.3, 0.4) is 0 Å². The van der Waals surface area contributed by atoms with Gasteiger partial charge in [-0.05, 0) is 43.7 Å². The average Bonchev–Trinajstić information content (AvgIpc) is 2.76. The Morgan fingerprint density at radius 2 is 1.77 bits per heavy atom. The summed E-state index contributed by atoms with van der Waals surface area (Å²) in [5.41, 5.74) is 2.95. The number of hydrogen-bond donors (Lipinski definition) is 0. The zero-order valence-corrected chi connectivity index (χ0v) is 18.3. The smallest absolute Gasteiger partial charge is 0.189 e. The number of Topliss-reactive ketones (excluding diaryl/α,β-unsaturated/α-hetero) is 1. The van der Waals surface area contributed by atoms with Gasteiger partial charge in [0.25, 0.3) is 0 Å². The lowest BCUT2D eigenvalue weighted by Gasteiger charge is -2.20. The highest BCUT2D eigenvalue weighted by Crippen LogP contribution is 2.38. The fraction of sp³-hybridized carbons (Fsp3) is 0.375. The molecule has 0 amide bonds. The van der Waals surface area contributed by atoms with Gasteiger partial charge < -0.3 is 23.8 Å². The number of rotatable bonds is 8. The number of fused-ring (bicyclic) bond motifs is 1. The monoisotopic (exact) mass is 411 g/mol. The van der Waals surface area contributed by atoms with Crippen molar-refractivity contribution in [2.24, 2.45) is 0 Å². The Balaban J connectivity index is 1.99. The van der Waals surface area contributed by atoms with Gasteiger partial charge in [0.15, 0.2) is 17.3 Å². The van der Waals surface area contributed by atoms with Gasteiger partial charge in [0.05, 0.1) is 19.4 Å². The molecule has 0 spiro atoms. The molecule has 0 aromatic heterocycles. The third-order valence-corrected chi connectivity index (χ3v) is 4.90. The molecule has 3 rings (SSSR count). The molecule has 1 aliphatic heterocycles. The Morgan fingerprint density at radius 3 is 2.37 bits per heavy atom. The third kappa shape index (κ3) is 4.53. The summed E-state index contributed by atoms with van der Waals surface area (Å²) in [6.45, 7) is 5.49. The van der Waals surface area contributed by atoms with E-state index < -0.39 is 0 Å². The Kier molecular flexibility index (Phi) is 6.87. The van der Waals surface area contributed by atoms with Crippen LogP contribution in [0.5, 0.6) is 23.0 Å². The molecule has 0 radical (unpaired) electrons. The largest absolute Gasteiger partial charge is 0.496 e. The van der Waals surface area contributed by atoms with Crippen LogP contribution in [-0.4, -0.2) is 46.8 Å².